The van der Waals surface area contributed by atoms with Gasteiger partial charge in [0.2, 0.25) is 17.0 Å². The van der Waals surface area contributed by atoms with Crippen molar-refractivity contribution in [3.63, 3.8) is 0 Å². The Bertz CT molecular complexity index is 794. The zero-order chi connectivity index (χ0) is 18.5. The fourth-order valence-corrected chi connectivity index (χ4v) is 3.24. The summed E-state index contributed by atoms with van der Waals surface area (Å²) < 4.78 is 12.1. The lowest BCUT2D eigenvalue weighted by Gasteiger charge is -2.12. The van der Waals surface area contributed by atoms with Crippen molar-refractivity contribution in [2.45, 2.75) is 24.6 Å². The molecule has 1 fully saturated rings. The van der Waals surface area contributed by atoms with Gasteiger partial charge in [-0.15, -0.1) is 10.2 Å². The Labute approximate surface area is 154 Å². The lowest BCUT2D eigenvalue weighted by atomic mass is 10.3. The lowest BCUT2D eigenvalue weighted by Crippen LogP contribution is -2.31. The fraction of sp³-hybridized carbons (Fsp3) is 0.375. The summed E-state index contributed by atoms with van der Waals surface area (Å²) in [5.74, 6) is 8.03. The van der Waals surface area contributed by atoms with E-state index in [1.165, 1.54) is 21.3 Å². The van der Waals surface area contributed by atoms with Crippen LogP contribution in [0.4, 0.5) is 0 Å². The smallest absolute Gasteiger partial charge is 0.229 e. The van der Waals surface area contributed by atoms with E-state index in [4.69, 9.17) is 15.3 Å². The highest BCUT2D eigenvalue weighted by atomic mass is 32.2. The van der Waals surface area contributed by atoms with Crippen molar-refractivity contribution < 1.29 is 19.1 Å². The third-order valence-corrected chi connectivity index (χ3v) is 4.77. The number of benzene rings is 1. The number of ether oxygens (including phenoxy) is 2. The van der Waals surface area contributed by atoms with Gasteiger partial charge in [0.1, 0.15) is 18.1 Å². The van der Waals surface area contributed by atoms with Crippen molar-refractivity contribution in [2.75, 3.05) is 25.3 Å². The summed E-state index contributed by atoms with van der Waals surface area (Å²) in [4.78, 5) is 24.4. The fourth-order valence-electron chi connectivity index (χ4n) is 2.44. The van der Waals surface area contributed by atoms with Crippen LogP contribution in [0.15, 0.2) is 29.4 Å². The summed E-state index contributed by atoms with van der Waals surface area (Å²) in [5, 5.41) is 8.53. The van der Waals surface area contributed by atoms with Gasteiger partial charge in [0, 0.05) is 31.2 Å². The number of amides is 2. The molecule has 0 bridgehead atoms. The first-order chi connectivity index (χ1) is 12.6. The maximum Gasteiger partial charge on any atom is 0.229 e. The lowest BCUT2D eigenvalue weighted by molar-refractivity contribution is -0.137. The minimum atomic E-state index is -0.128. The molecule has 0 unspecified atom stereocenters. The molecule has 10 heteroatoms. The molecule has 26 heavy (non-hydrogen) atoms. The molecule has 1 aromatic heterocycles. The molecule has 138 valence electrons. The van der Waals surface area contributed by atoms with E-state index in [9.17, 15) is 9.59 Å². The SMILES string of the molecule is COc1cccc(OCc2nnc(SCCN3C(=O)CCC3=O)n2N)c1. The number of hydrogen-bond donors (Lipinski definition) is 1. The minimum Gasteiger partial charge on any atom is -0.497 e. The number of hydrogen-bond acceptors (Lipinski definition) is 8. The van der Waals surface area contributed by atoms with E-state index in [0.717, 1.165) is 0 Å². The Morgan fingerprint density at radius 1 is 1.19 bits per heavy atom. The monoisotopic (exact) mass is 377 g/mol. The van der Waals surface area contributed by atoms with Crippen LogP contribution in [0, 0.1) is 0 Å². The summed E-state index contributed by atoms with van der Waals surface area (Å²) in [7, 11) is 1.59. The second kappa shape index (κ2) is 8.09. The van der Waals surface area contributed by atoms with Gasteiger partial charge in [0.15, 0.2) is 5.82 Å². The summed E-state index contributed by atoms with van der Waals surface area (Å²) in [6.07, 6.45) is 0.588. The Hall–Kier alpha value is -2.75. The summed E-state index contributed by atoms with van der Waals surface area (Å²) in [6, 6.07) is 7.21. The Morgan fingerprint density at radius 2 is 1.92 bits per heavy atom. The zero-order valence-electron chi connectivity index (χ0n) is 14.3. The molecule has 2 aromatic rings. The largest absolute Gasteiger partial charge is 0.497 e. The number of aromatic nitrogens is 3. The second-order valence-corrected chi connectivity index (χ2v) is 6.59. The van der Waals surface area contributed by atoms with E-state index < -0.39 is 0 Å². The van der Waals surface area contributed by atoms with Gasteiger partial charge in [0.05, 0.1) is 7.11 Å². The molecule has 2 heterocycles. The molecule has 9 nitrogen and oxygen atoms in total. The molecule has 1 aromatic carbocycles. The van der Waals surface area contributed by atoms with Crippen molar-refractivity contribution in [3.05, 3.63) is 30.1 Å². The average molecular weight is 377 g/mol. The molecule has 3 rings (SSSR count). The zero-order valence-corrected chi connectivity index (χ0v) is 15.1. The molecule has 2 amide bonds. The van der Waals surface area contributed by atoms with E-state index in [-0.39, 0.29) is 18.4 Å². The highest BCUT2D eigenvalue weighted by molar-refractivity contribution is 7.99. The highest BCUT2D eigenvalue weighted by Crippen LogP contribution is 2.21. The molecule has 0 atom stereocenters. The first kappa shape index (κ1) is 18.1. The van der Waals surface area contributed by atoms with E-state index in [1.54, 1.807) is 19.2 Å². The molecule has 0 radical (unpaired) electrons. The molecule has 1 aliphatic rings. The van der Waals surface area contributed by atoms with Crippen LogP contribution >= 0.6 is 11.8 Å². The van der Waals surface area contributed by atoms with Gasteiger partial charge in [-0.05, 0) is 12.1 Å². The van der Waals surface area contributed by atoms with Crippen LogP contribution in [0.25, 0.3) is 0 Å². The summed E-state index contributed by atoms with van der Waals surface area (Å²) in [5.41, 5.74) is 0. The number of rotatable bonds is 8. The number of carbonyl (C=O) groups excluding carboxylic acids is 2. The third kappa shape index (κ3) is 4.07. The number of imide groups is 1. The molecule has 2 N–H and O–H groups in total. The minimum absolute atomic E-state index is 0.128. The van der Waals surface area contributed by atoms with Crippen LogP contribution in [0.1, 0.15) is 18.7 Å². The Morgan fingerprint density at radius 3 is 2.65 bits per heavy atom. The normalized spacial score (nSPS) is 14.1. The molecule has 1 saturated heterocycles. The summed E-state index contributed by atoms with van der Waals surface area (Å²) in [6.45, 7) is 0.491. The van der Waals surface area contributed by atoms with Gasteiger partial charge < -0.3 is 15.3 Å². The van der Waals surface area contributed by atoms with Crippen LogP contribution in [0.5, 0.6) is 11.5 Å². The molecule has 0 spiro atoms. The second-order valence-electron chi connectivity index (χ2n) is 5.52. The number of nitrogen functional groups attached to an aromatic ring is 1. The third-order valence-electron chi connectivity index (χ3n) is 3.85. The molecular weight excluding hydrogens is 358 g/mol. The molecule has 0 saturated carbocycles. The van der Waals surface area contributed by atoms with E-state index in [2.05, 4.69) is 10.2 Å². The predicted molar refractivity (Wildman–Crippen MR) is 94.2 cm³/mol. The first-order valence-electron chi connectivity index (χ1n) is 8.00. The molecule has 1 aliphatic heterocycles. The van der Waals surface area contributed by atoms with Crippen LogP contribution in [-0.2, 0) is 16.2 Å². The summed E-state index contributed by atoms with van der Waals surface area (Å²) >= 11 is 1.33. The van der Waals surface area contributed by atoms with Gasteiger partial charge in [-0.3, -0.25) is 14.5 Å². The number of carbonyl (C=O) groups is 2. The van der Waals surface area contributed by atoms with Crippen molar-refractivity contribution in [1.82, 2.24) is 19.8 Å². The van der Waals surface area contributed by atoms with Gasteiger partial charge in [-0.25, -0.2) is 4.68 Å². The molecular formula is C16H19N5O4S. The molecule has 0 aliphatic carbocycles. The van der Waals surface area contributed by atoms with Gasteiger partial charge in [0.25, 0.3) is 0 Å². The number of nitrogens with zero attached hydrogens (tertiary/aromatic N) is 4. The van der Waals surface area contributed by atoms with Crippen molar-refractivity contribution in [1.29, 1.82) is 0 Å². The van der Waals surface area contributed by atoms with Gasteiger partial charge in [-0.1, -0.05) is 17.8 Å². The highest BCUT2D eigenvalue weighted by Gasteiger charge is 2.28. The van der Waals surface area contributed by atoms with Crippen LogP contribution < -0.4 is 15.3 Å². The van der Waals surface area contributed by atoms with Crippen molar-refractivity contribution >= 4 is 23.6 Å². The number of nitrogens with two attached hydrogens (primary N) is 1. The van der Waals surface area contributed by atoms with Crippen molar-refractivity contribution in [2.24, 2.45) is 0 Å². The number of likely N-dealkylation sites (tertiary alicyclic amines) is 1. The first-order valence-corrected chi connectivity index (χ1v) is 8.99. The maximum atomic E-state index is 11.6. The van der Waals surface area contributed by atoms with E-state index in [1.807, 2.05) is 12.1 Å². The average Bonchev–Trinajstić information content (AvgIpc) is 3.16. The van der Waals surface area contributed by atoms with Crippen LogP contribution in [0.3, 0.4) is 0 Å². The van der Waals surface area contributed by atoms with Gasteiger partial charge >= 0.3 is 0 Å². The number of methoxy groups -OCH3 is 1. The van der Waals surface area contributed by atoms with Crippen LogP contribution in [0.2, 0.25) is 0 Å². The van der Waals surface area contributed by atoms with Crippen molar-refractivity contribution in [3.8, 4) is 11.5 Å². The number of thioether (sulfide) groups is 1. The topological polar surface area (TPSA) is 113 Å². The van der Waals surface area contributed by atoms with Gasteiger partial charge in [-0.2, -0.15) is 0 Å². The standard InChI is InChI=1S/C16H19N5O4S/c1-24-11-3-2-4-12(9-11)25-10-13-18-19-16(21(13)17)26-8-7-20-14(22)5-6-15(20)23/h2-4,9H,5-8,10,17H2,1H3. The van der Waals surface area contributed by atoms with Crippen LogP contribution in [-0.4, -0.2) is 51.0 Å². The predicted octanol–water partition coefficient (Wildman–Crippen LogP) is 0.821. The van der Waals surface area contributed by atoms with E-state index in [0.29, 0.717) is 47.6 Å². The quantitative estimate of drug-likeness (QED) is 0.409. The van der Waals surface area contributed by atoms with E-state index >= 15 is 0 Å². The Kier molecular flexibility index (Phi) is 5.61. The Balaban J connectivity index is 1.52. The maximum absolute atomic E-state index is 11.6.